The van der Waals surface area contributed by atoms with Crippen LogP contribution >= 0.6 is 36.4 Å². The summed E-state index contributed by atoms with van der Waals surface area (Å²) in [6.45, 7) is 0.931. The second-order valence-corrected chi connectivity index (χ2v) is 5.20. The minimum Gasteiger partial charge on any atom is -0.340 e. The highest BCUT2D eigenvalue weighted by Crippen LogP contribution is 2.28. The van der Waals surface area contributed by atoms with Gasteiger partial charge in [0.2, 0.25) is 0 Å². The summed E-state index contributed by atoms with van der Waals surface area (Å²) in [6.07, 6.45) is -0.365. The zero-order valence-corrected chi connectivity index (χ0v) is 15.8. The van der Waals surface area contributed by atoms with Gasteiger partial charge in [0.1, 0.15) is 5.69 Å². The van der Waals surface area contributed by atoms with Crippen molar-refractivity contribution in [2.24, 2.45) is 0 Å². The number of amides is 1. The predicted molar refractivity (Wildman–Crippen MR) is 96.7 cm³/mol. The van der Waals surface area contributed by atoms with Gasteiger partial charge in [0.15, 0.2) is 5.82 Å². The molecule has 0 aromatic carbocycles. The van der Waals surface area contributed by atoms with Crippen molar-refractivity contribution in [2.45, 2.75) is 6.43 Å². The number of rotatable bonds is 6. The highest BCUT2D eigenvalue weighted by atomic mass is 35.5. The normalized spacial score (nSPS) is 10.2. The quantitative estimate of drug-likeness (QED) is 0.786. The topological polar surface area (TPSA) is 63.1 Å². The predicted octanol–water partition coefficient (Wildman–Crippen LogP) is 2.99. The maximum Gasteiger partial charge on any atom is 0.281 e. The molecule has 0 bridgehead atoms. The fourth-order valence-electron chi connectivity index (χ4n) is 2.02. The number of halogens is 5. The van der Waals surface area contributed by atoms with Crippen molar-refractivity contribution in [1.29, 1.82) is 0 Å². The number of alkyl halides is 2. The van der Waals surface area contributed by atoms with E-state index in [-0.39, 0.29) is 41.2 Å². The van der Waals surface area contributed by atoms with Gasteiger partial charge in [0.05, 0.1) is 16.8 Å². The summed E-state index contributed by atoms with van der Waals surface area (Å²) in [5.74, 6) is -0.477. The molecule has 1 amide bonds. The molecule has 0 spiro atoms. The first kappa shape index (κ1) is 23.5. The van der Waals surface area contributed by atoms with Crippen molar-refractivity contribution in [3.8, 4) is 5.82 Å². The first-order valence-corrected chi connectivity index (χ1v) is 7.22. The van der Waals surface area contributed by atoms with Gasteiger partial charge in [-0.15, -0.1) is 24.8 Å². The average molecular weight is 417 g/mol. The fraction of sp³-hybridized carbons (Fsp3) is 0.357. The van der Waals surface area contributed by atoms with Gasteiger partial charge in [-0.25, -0.2) is 18.4 Å². The lowest BCUT2D eigenvalue weighted by Crippen LogP contribution is -2.33. The van der Waals surface area contributed by atoms with Crippen molar-refractivity contribution in [2.75, 3.05) is 27.2 Å². The van der Waals surface area contributed by atoms with E-state index in [2.05, 4.69) is 15.4 Å². The standard InChI is InChI=1S/C14H16ClF2N5O.2ClH/c1-18-6-7-21(2)14(23)9-8-20-22(11(9)12(16)17)13-10(15)4-3-5-19-13;;/h3-5,8,12,18H,6-7H2,1-2H3;2*1H. The van der Waals surface area contributed by atoms with E-state index >= 15 is 0 Å². The molecule has 1 N–H and O–H groups in total. The Morgan fingerprint density at radius 2 is 2.12 bits per heavy atom. The van der Waals surface area contributed by atoms with Crippen LogP contribution in [0.2, 0.25) is 5.02 Å². The number of nitrogens with one attached hydrogen (secondary N) is 1. The van der Waals surface area contributed by atoms with E-state index < -0.39 is 18.0 Å². The van der Waals surface area contributed by atoms with Crippen molar-refractivity contribution in [1.82, 2.24) is 25.0 Å². The average Bonchev–Trinajstić information content (AvgIpc) is 2.97. The van der Waals surface area contributed by atoms with E-state index in [1.165, 1.54) is 17.2 Å². The molecule has 140 valence electrons. The molecular formula is C14H18Cl3F2N5O. The number of carbonyl (C=O) groups excluding carboxylic acids is 1. The lowest BCUT2D eigenvalue weighted by Gasteiger charge is -2.17. The van der Waals surface area contributed by atoms with Crippen LogP contribution in [0.4, 0.5) is 8.78 Å². The Hall–Kier alpha value is -1.48. The number of hydrogen-bond acceptors (Lipinski definition) is 4. The third kappa shape index (κ3) is 5.24. The maximum absolute atomic E-state index is 13.5. The van der Waals surface area contributed by atoms with Crippen LogP contribution in [-0.4, -0.2) is 52.8 Å². The van der Waals surface area contributed by atoms with Gasteiger partial charge in [0.25, 0.3) is 12.3 Å². The zero-order chi connectivity index (χ0) is 17.0. The number of carbonyl (C=O) groups is 1. The minimum absolute atomic E-state index is 0. The van der Waals surface area contributed by atoms with Gasteiger partial charge < -0.3 is 10.2 Å². The first-order valence-electron chi connectivity index (χ1n) is 6.84. The van der Waals surface area contributed by atoms with E-state index in [9.17, 15) is 13.6 Å². The summed E-state index contributed by atoms with van der Waals surface area (Å²) >= 11 is 5.98. The Kier molecular flexibility index (Phi) is 9.88. The third-order valence-electron chi connectivity index (χ3n) is 3.23. The van der Waals surface area contributed by atoms with Crippen LogP contribution in [0.1, 0.15) is 22.5 Å². The smallest absolute Gasteiger partial charge is 0.281 e. The summed E-state index contributed by atoms with van der Waals surface area (Å²) < 4.78 is 27.9. The van der Waals surface area contributed by atoms with Crippen LogP contribution < -0.4 is 5.32 Å². The van der Waals surface area contributed by atoms with E-state index in [1.807, 2.05) is 0 Å². The number of pyridine rings is 1. The third-order valence-corrected chi connectivity index (χ3v) is 3.52. The van der Waals surface area contributed by atoms with Crippen molar-refractivity contribution in [3.05, 3.63) is 40.8 Å². The molecule has 2 aromatic rings. The molecule has 0 atom stereocenters. The van der Waals surface area contributed by atoms with Crippen LogP contribution in [0, 0.1) is 0 Å². The number of aromatic nitrogens is 3. The van der Waals surface area contributed by atoms with Crippen LogP contribution in [0.15, 0.2) is 24.5 Å². The lowest BCUT2D eigenvalue weighted by molar-refractivity contribution is 0.0782. The highest BCUT2D eigenvalue weighted by Gasteiger charge is 2.28. The van der Waals surface area contributed by atoms with Crippen molar-refractivity contribution < 1.29 is 13.6 Å². The highest BCUT2D eigenvalue weighted by molar-refractivity contribution is 6.32. The molecule has 0 aliphatic heterocycles. The van der Waals surface area contributed by atoms with E-state index in [4.69, 9.17) is 11.6 Å². The van der Waals surface area contributed by atoms with Crippen LogP contribution in [0.3, 0.4) is 0 Å². The molecule has 0 unspecified atom stereocenters. The Morgan fingerprint density at radius 1 is 1.44 bits per heavy atom. The first-order chi connectivity index (χ1) is 11.0. The SMILES string of the molecule is CNCCN(C)C(=O)c1cnn(-c2ncccc2Cl)c1C(F)F.Cl.Cl. The molecule has 0 aliphatic carbocycles. The lowest BCUT2D eigenvalue weighted by atomic mass is 10.2. The fourth-order valence-corrected chi connectivity index (χ4v) is 2.22. The Balaban J connectivity index is 0.00000288. The largest absolute Gasteiger partial charge is 0.340 e. The number of nitrogens with zero attached hydrogens (tertiary/aromatic N) is 4. The molecule has 25 heavy (non-hydrogen) atoms. The van der Waals surface area contributed by atoms with Crippen molar-refractivity contribution in [3.63, 3.8) is 0 Å². The number of hydrogen-bond donors (Lipinski definition) is 1. The van der Waals surface area contributed by atoms with Gasteiger partial charge in [-0.1, -0.05) is 11.6 Å². The molecule has 6 nitrogen and oxygen atoms in total. The Labute approximate surface area is 161 Å². The summed E-state index contributed by atoms with van der Waals surface area (Å²) in [6, 6.07) is 3.09. The second-order valence-electron chi connectivity index (χ2n) is 4.80. The second kappa shape index (κ2) is 10.5. The van der Waals surface area contributed by atoms with E-state index in [0.29, 0.717) is 13.1 Å². The Bertz CT molecular complexity index is 699. The molecule has 0 saturated heterocycles. The van der Waals surface area contributed by atoms with E-state index in [0.717, 1.165) is 10.9 Å². The monoisotopic (exact) mass is 415 g/mol. The Morgan fingerprint density at radius 3 is 2.68 bits per heavy atom. The van der Waals surface area contributed by atoms with Crippen LogP contribution in [0.5, 0.6) is 0 Å². The summed E-state index contributed by atoms with van der Waals surface area (Å²) in [7, 11) is 3.28. The molecule has 2 aromatic heterocycles. The molecule has 11 heteroatoms. The van der Waals surface area contributed by atoms with Crippen LogP contribution in [0.25, 0.3) is 5.82 Å². The maximum atomic E-state index is 13.5. The molecule has 2 heterocycles. The number of likely N-dealkylation sites (N-methyl/N-ethyl adjacent to an activating group) is 2. The minimum atomic E-state index is -2.90. The van der Waals surface area contributed by atoms with Gasteiger partial charge in [-0.3, -0.25) is 4.79 Å². The molecule has 0 aliphatic rings. The van der Waals surface area contributed by atoms with Gasteiger partial charge in [0, 0.05) is 26.3 Å². The van der Waals surface area contributed by atoms with E-state index in [1.54, 1.807) is 20.2 Å². The summed E-state index contributed by atoms with van der Waals surface area (Å²) in [5, 5.41) is 6.94. The summed E-state index contributed by atoms with van der Waals surface area (Å²) in [5.41, 5.74) is -0.688. The molecule has 0 fully saturated rings. The van der Waals surface area contributed by atoms with Gasteiger partial charge in [-0.2, -0.15) is 5.10 Å². The van der Waals surface area contributed by atoms with Crippen LogP contribution in [-0.2, 0) is 0 Å². The van der Waals surface area contributed by atoms with Gasteiger partial charge in [-0.05, 0) is 19.2 Å². The van der Waals surface area contributed by atoms with Gasteiger partial charge >= 0.3 is 0 Å². The zero-order valence-electron chi connectivity index (χ0n) is 13.4. The molecule has 0 radical (unpaired) electrons. The molecule has 0 saturated carbocycles. The molecular weight excluding hydrogens is 399 g/mol. The summed E-state index contributed by atoms with van der Waals surface area (Å²) in [4.78, 5) is 17.7. The molecule has 2 rings (SSSR count). The van der Waals surface area contributed by atoms with Crippen molar-refractivity contribution >= 4 is 42.3 Å².